The molecule has 0 fully saturated rings. The third-order valence-corrected chi connectivity index (χ3v) is 4.63. The third kappa shape index (κ3) is 6.92. The second kappa shape index (κ2) is 11.8. The summed E-state index contributed by atoms with van der Waals surface area (Å²) in [4.78, 5) is 49.4. The van der Waals surface area contributed by atoms with E-state index in [1.54, 1.807) is 84.9 Å². The number of carbonyl (C=O) groups excluding carboxylic acids is 4. The Bertz CT molecular complexity index is 1130. The molecule has 0 aliphatic rings. The Morgan fingerprint density at radius 2 is 1.44 bits per heavy atom. The molecule has 1 atom stereocenters. The minimum Gasteiger partial charge on any atom is -0.497 e. The number of imide groups is 1. The van der Waals surface area contributed by atoms with E-state index in [1.807, 2.05) is 0 Å². The molecular formula is C25H23N3O6. The zero-order chi connectivity index (χ0) is 24.3. The largest absolute Gasteiger partial charge is 0.497 e. The van der Waals surface area contributed by atoms with E-state index in [1.165, 1.54) is 7.11 Å². The number of amides is 4. The van der Waals surface area contributed by atoms with E-state index in [0.29, 0.717) is 22.6 Å². The van der Waals surface area contributed by atoms with Gasteiger partial charge in [0.2, 0.25) is 0 Å². The molecule has 0 aliphatic carbocycles. The number of hydrogen-bond acceptors (Lipinski definition) is 6. The highest BCUT2D eigenvalue weighted by atomic mass is 16.5. The van der Waals surface area contributed by atoms with Gasteiger partial charge in [0.25, 0.3) is 11.8 Å². The number of methoxy groups -OCH3 is 1. The van der Waals surface area contributed by atoms with Crippen molar-refractivity contribution >= 4 is 29.5 Å². The number of esters is 1. The molecule has 3 rings (SSSR count). The van der Waals surface area contributed by atoms with Crippen LogP contribution in [0.5, 0.6) is 5.75 Å². The molecule has 3 aromatic rings. The Morgan fingerprint density at radius 1 is 0.824 bits per heavy atom. The predicted molar refractivity (Wildman–Crippen MR) is 124 cm³/mol. The molecule has 34 heavy (non-hydrogen) atoms. The van der Waals surface area contributed by atoms with Crippen LogP contribution in [0.4, 0.5) is 10.5 Å². The molecule has 0 aliphatic heterocycles. The molecule has 1 unspecified atom stereocenters. The van der Waals surface area contributed by atoms with E-state index in [0.717, 1.165) is 0 Å². The lowest BCUT2D eigenvalue weighted by atomic mass is 10.1. The van der Waals surface area contributed by atoms with Crippen molar-refractivity contribution in [3.05, 3.63) is 96.1 Å². The van der Waals surface area contributed by atoms with Crippen LogP contribution < -0.4 is 20.7 Å². The van der Waals surface area contributed by atoms with Crippen LogP contribution in [0, 0.1) is 0 Å². The maximum atomic E-state index is 12.7. The summed E-state index contributed by atoms with van der Waals surface area (Å²) in [5.74, 6) is -1.54. The summed E-state index contributed by atoms with van der Waals surface area (Å²) in [7, 11) is 1.52. The second-order valence-corrected chi connectivity index (χ2v) is 7.02. The van der Waals surface area contributed by atoms with Gasteiger partial charge in [0.15, 0.2) is 12.6 Å². The summed E-state index contributed by atoms with van der Waals surface area (Å²) >= 11 is 0. The molecule has 174 valence electrons. The van der Waals surface area contributed by atoms with E-state index in [2.05, 4.69) is 16.0 Å². The number of ether oxygens (including phenoxy) is 2. The Balaban J connectivity index is 1.57. The number of urea groups is 1. The zero-order valence-corrected chi connectivity index (χ0v) is 18.3. The van der Waals surface area contributed by atoms with E-state index in [-0.39, 0.29) is 0 Å². The predicted octanol–water partition coefficient (Wildman–Crippen LogP) is 3.06. The van der Waals surface area contributed by atoms with Gasteiger partial charge in [-0.05, 0) is 42.0 Å². The van der Waals surface area contributed by atoms with Crippen molar-refractivity contribution in [1.29, 1.82) is 0 Å². The third-order valence-electron chi connectivity index (χ3n) is 4.63. The number of anilines is 1. The molecular weight excluding hydrogens is 438 g/mol. The lowest BCUT2D eigenvalue weighted by Gasteiger charge is -2.18. The fourth-order valence-electron chi connectivity index (χ4n) is 2.95. The van der Waals surface area contributed by atoms with Crippen molar-refractivity contribution in [1.82, 2.24) is 10.6 Å². The van der Waals surface area contributed by atoms with Crippen LogP contribution >= 0.6 is 0 Å². The van der Waals surface area contributed by atoms with E-state index in [9.17, 15) is 19.2 Å². The van der Waals surface area contributed by atoms with E-state index >= 15 is 0 Å². The maximum Gasteiger partial charge on any atom is 0.333 e. The van der Waals surface area contributed by atoms with Gasteiger partial charge in [-0.2, -0.15) is 0 Å². The zero-order valence-electron chi connectivity index (χ0n) is 18.3. The van der Waals surface area contributed by atoms with E-state index < -0.39 is 36.5 Å². The number of hydrogen-bond donors (Lipinski definition) is 3. The summed E-state index contributed by atoms with van der Waals surface area (Å²) in [6.07, 6.45) is 0. The van der Waals surface area contributed by atoms with Crippen LogP contribution in [0.15, 0.2) is 84.9 Å². The Morgan fingerprint density at radius 3 is 2.06 bits per heavy atom. The van der Waals surface area contributed by atoms with Crippen LogP contribution in [-0.2, 0) is 14.3 Å². The molecule has 9 nitrogen and oxygen atoms in total. The highest BCUT2D eigenvalue weighted by Crippen LogP contribution is 2.16. The van der Waals surface area contributed by atoms with Gasteiger partial charge in [-0.15, -0.1) is 0 Å². The summed E-state index contributed by atoms with van der Waals surface area (Å²) in [5, 5.41) is 7.17. The van der Waals surface area contributed by atoms with E-state index in [4.69, 9.17) is 9.47 Å². The summed E-state index contributed by atoms with van der Waals surface area (Å²) in [6, 6.07) is 21.4. The molecule has 0 saturated heterocycles. The number of benzene rings is 3. The molecule has 0 radical (unpaired) electrons. The average molecular weight is 461 g/mol. The minimum absolute atomic E-state index is 0.365. The fraction of sp³-hybridized carbons (Fsp3) is 0.120. The first-order chi connectivity index (χ1) is 16.5. The van der Waals surface area contributed by atoms with Crippen molar-refractivity contribution in [2.75, 3.05) is 19.0 Å². The Hall–Kier alpha value is -4.66. The first-order valence-corrected chi connectivity index (χ1v) is 10.3. The van der Waals surface area contributed by atoms with Gasteiger partial charge in [-0.3, -0.25) is 14.9 Å². The van der Waals surface area contributed by atoms with Crippen LogP contribution in [0.1, 0.15) is 22.0 Å². The van der Waals surface area contributed by atoms with Crippen molar-refractivity contribution in [2.45, 2.75) is 6.04 Å². The Labute approximate surface area is 196 Å². The molecule has 0 spiro atoms. The molecule has 4 amide bonds. The molecule has 0 bridgehead atoms. The summed E-state index contributed by atoms with van der Waals surface area (Å²) < 4.78 is 10.1. The second-order valence-electron chi connectivity index (χ2n) is 7.02. The fourth-order valence-corrected chi connectivity index (χ4v) is 2.95. The molecule has 9 heteroatoms. The van der Waals surface area contributed by atoms with Crippen molar-refractivity contribution in [3.63, 3.8) is 0 Å². The highest BCUT2D eigenvalue weighted by molar-refractivity contribution is 6.02. The first kappa shape index (κ1) is 24.0. The van der Waals surface area contributed by atoms with Gasteiger partial charge in [0, 0.05) is 11.3 Å². The van der Waals surface area contributed by atoms with Gasteiger partial charge >= 0.3 is 12.0 Å². The van der Waals surface area contributed by atoms with Crippen molar-refractivity contribution in [2.24, 2.45) is 0 Å². The highest BCUT2D eigenvalue weighted by Gasteiger charge is 2.25. The van der Waals surface area contributed by atoms with Crippen molar-refractivity contribution < 1.29 is 28.7 Å². The summed E-state index contributed by atoms with van der Waals surface area (Å²) in [6.45, 7) is -0.709. The van der Waals surface area contributed by atoms with Crippen LogP contribution in [0.25, 0.3) is 0 Å². The number of carbonyl (C=O) groups is 4. The Kier molecular flexibility index (Phi) is 8.34. The molecule has 0 saturated carbocycles. The smallest absolute Gasteiger partial charge is 0.333 e. The monoisotopic (exact) mass is 461 g/mol. The van der Waals surface area contributed by atoms with Gasteiger partial charge < -0.3 is 20.1 Å². The van der Waals surface area contributed by atoms with Gasteiger partial charge in [-0.1, -0.05) is 48.5 Å². The average Bonchev–Trinajstić information content (AvgIpc) is 2.87. The van der Waals surface area contributed by atoms with Gasteiger partial charge in [-0.25, -0.2) is 9.59 Å². The first-order valence-electron chi connectivity index (χ1n) is 10.3. The SMILES string of the molecule is COc1ccc(NC(=O)NC(=O)COC(=O)C(NC(=O)c2ccccc2)c2ccccc2)cc1. The minimum atomic E-state index is -1.14. The van der Waals surface area contributed by atoms with Crippen LogP contribution in [-0.4, -0.2) is 37.5 Å². The van der Waals surface area contributed by atoms with Crippen LogP contribution in [0.3, 0.4) is 0 Å². The van der Waals surface area contributed by atoms with Crippen LogP contribution in [0.2, 0.25) is 0 Å². The standard InChI is InChI=1S/C25H23N3O6/c1-33-20-14-12-19(13-15-20)26-25(32)27-21(29)16-34-24(31)22(17-8-4-2-5-9-17)28-23(30)18-10-6-3-7-11-18/h2-15,22H,16H2,1H3,(H,28,30)(H2,26,27,29,32). The molecule has 3 aromatic carbocycles. The van der Waals surface area contributed by atoms with Gasteiger partial charge in [0.1, 0.15) is 5.75 Å². The van der Waals surface area contributed by atoms with Crippen molar-refractivity contribution in [3.8, 4) is 5.75 Å². The number of rotatable bonds is 8. The quantitative estimate of drug-likeness (QED) is 0.443. The molecule has 3 N–H and O–H groups in total. The normalized spacial score (nSPS) is 11.0. The lowest BCUT2D eigenvalue weighted by molar-refractivity contribution is -0.150. The maximum absolute atomic E-state index is 12.7. The molecule has 0 heterocycles. The summed E-state index contributed by atoms with van der Waals surface area (Å²) in [5.41, 5.74) is 1.29. The topological polar surface area (TPSA) is 123 Å². The van der Waals surface area contributed by atoms with Gasteiger partial charge in [0.05, 0.1) is 7.11 Å². The number of nitrogens with one attached hydrogen (secondary N) is 3. The molecule has 0 aromatic heterocycles. The lowest BCUT2D eigenvalue weighted by Crippen LogP contribution is -2.39.